The first-order valence-corrected chi connectivity index (χ1v) is 19.8. The normalized spacial score (nSPS) is 21.5. The van der Waals surface area contributed by atoms with Crippen molar-refractivity contribution in [2.75, 3.05) is 40.3 Å². The second-order valence-electron chi connectivity index (χ2n) is 14.8. The highest BCUT2D eigenvalue weighted by molar-refractivity contribution is 7.84. The molecule has 8 nitrogen and oxygen atoms in total. The minimum absolute atomic E-state index is 0.119. The summed E-state index contributed by atoms with van der Waals surface area (Å²) in [5, 5.41) is 0.988. The molecule has 1 aromatic heterocycles. The van der Waals surface area contributed by atoms with Gasteiger partial charge in [-0.15, -0.1) is 12.8 Å². The molecule has 2 amide bonds. The molecular weight excluding hydrogens is 669 g/mol. The van der Waals surface area contributed by atoms with Gasteiger partial charge < -0.3 is 19.1 Å². The minimum Gasteiger partial charge on any atom is -0.497 e. The molecule has 2 saturated carbocycles. The molecule has 0 spiro atoms. The summed E-state index contributed by atoms with van der Waals surface area (Å²) in [4.78, 5) is 32.2. The number of methoxy groups -OCH3 is 1. The maximum atomic E-state index is 14.5. The van der Waals surface area contributed by atoms with Crippen LogP contribution in [0.1, 0.15) is 85.7 Å². The lowest BCUT2D eigenvalue weighted by atomic mass is 9.81. The summed E-state index contributed by atoms with van der Waals surface area (Å²) >= 11 is 0. The monoisotopic (exact) mass is 720 g/mol. The Morgan fingerprint density at radius 3 is 2.19 bits per heavy atom. The number of terminal acetylenes is 1. The number of fused-ring (bicyclic) bond motifs is 7. The van der Waals surface area contributed by atoms with E-state index in [-0.39, 0.29) is 23.0 Å². The first kappa shape index (κ1) is 37.4. The van der Waals surface area contributed by atoms with E-state index in [0.717, 1.165) is 62.1 Å². The van der Waals surface area contributed by atoms with Gasteiger partial charge in [-0.2, -0.15) is 0 Å². The third-order valence-corrected chi connectivity index (χ3v) is 12.5. The Morgan fingerprint density at radius 1 is 0.923 bits per heavy atom. The van der Waals surface area contributed by atoms with Gasteiger partial charge in [-0.05, 0) is 87.5 Å². The SMILES string of the molecule is C#C.COc1ccc2c(c1)C1CC1(C(=O)N1CCN(C)CC1)Cn1c-2c(C2CCCCC2)c2ccc(C(=O)NS(=O)C(C)C)cc21.c1ccccc1. The van der Waals surface area contributed by atoms with Crippen molar-refractivity contribution in [3.8, 4) is 29.9 Å². The van der Waals surface area contributed by atoms with Gasteiger partial charge in [0.2, 0.25) is 5.91 Å². The van der Waals surface area contributed by atoms with Gasteiger partial charge in [0.15, 0.2) is 0 Å². The number of hydrogen-bond acceptors (Lipinski definition) is 5. The van der Waals surface area contributed by atoms with Crippen molar-refractivity contribution in [2.45, 2.75) is 76.0 Å². The van der Waals surface area contributed by atoms with Crippen LogP contribution in [0.2, 0.25) is 0 Å². The van der Waals surface area contributed by atoms with Crippen LogP contribution in [0.4, 0.5) is 0 Å². The van der Waals surface area contributed by atoms with Gasteiger partial charge in [0.25, 0.3) is 5.91 Å². The van der Waals surface area contributed by atoms with E-state index in [0.29, 0.717) is 18.0 Å². The molecule has 3 heterocycles. The topological polar surface area (TPSA) is 83.9 Å². The quantitative estimate of drug-likeness (QED) is 0.211. The van der Waals surface area contributed by atoms with Crippen LogP contribution in [0.5, 0.6) is 5.75 Å². The molecule has 52 heavy (non-hydrogen) atoms. The fraction of sp³-hybridized carbons (Fsp3) is 0.442. The van der Waals surface area contributed by atoms with Crippen LogP contribution in [-0.4, -0.2) is 76.0 Å². The second-order valence-corrected chi connectivity index (χ2v) is 16.6. The zero-order valence-corrected chi connectivity index (χ0v) is 31.8. The number of nitrogens with zero attached hydrogens (tertiary/aromatic N) is 3. The van der Waals surface area contributed by atoms with E-state index >= 15 is 0 Å². The molecule has 4 aromatic rings. The number of amides is 2. The van der Waals surface area contributed by atoms with Crippen LogP contribution in [0.15, 0.2) is 72.8 Å². The van der Waals surface area contributed by atoms with Gasteiger partial charge in [-0.3, -0.25) is 14.3 Å². The van der Waals surface area contributed by atoms with Crippen molar-refractivity contribution < 1.29 is 18.5 Å². The molecule has 2 aliphatic heterocycles. The van der Waals surface area contributed by atoms with Crippen LogP contribution in [0, 0.1) is 18.3 Å². The molecular formula is C43H52N4O4S. The first-order chi connectivity index (χ1) is 25.2. The Balaban J connectivity index is 0.000000521. The highest BCUT2D eigenvalue weighted by atomic mass is 32.2. The van der Waals surface area contributed by atoms with E-state index < -0.39 is 16.4 Å². The third kappa shape index (κ3) is 7.29. The largest absolute Gasteiger partial charge is 0.497 e. The predicted molar refractivity (Wildman–Crippen MR) is 211 cm³/mol. The number of piperazine rings is 1. The second kappa shape index (κ2) is 16.1. The van der Waals surface area contributed by atoms with Gasteiger partial charge in [-0.25, -0.2) is 4.21 Å². The van der Waals surface area contributed by atoms with E-state index in [2.05, 4.69) is 57.2 Å². The molecule has 1 N–H and O–H groups in total. The van der Waals surface area contributed by atoms with Crippen LogP contribution in [-0.2, 0) is 22.3 Å². The summed E-state index contributed by atoms with van der Waals surface area (Å²) in [6.07, 6.45) is 14.8. The summed E-state index contributed by atoms with van der Waals surface area (Å²) in [6.45, 7) is 7.52. The average molecular weight is 721 g/mol. The van der Waals surface area contributed by atoms with Gasteiger partial charge in [0.05, 0.1) is 18.2 Å². The number of likely N-dealkylation sites (N-methyl/N-ethyl adjacent to an activating group) is 1. The molecule has 4 aliphatic rings. The smallest absolute Gasteiger partial charge is 0.263 e. The minimum atomic E-state index is -1.46. The van der Waals surface area contributed by atoms with E-state index in [1.807, 2.05) is 68.4 Å². The highest BCUT2D eigenvalue weighted by Crippen LogP contribution is 2.66. The van der Waals surface area contributed by atoms with E-state index in [4.69, 9.17) is 4.74 Å². The molecule has 9 heteroatoms. The summed E-state index contributed by atoms with van der Waals surface area (Å²) in [5.41, 5.74) is 5.89. The summed E-state index contributed by atoms with van der Waals surface area (Å²) in [7, 11) is 2.36. The van der Waals surface area contributed by atoms with E-state index in [9.17, 15) is 13.8 Å². The number of carbonyl (C=O) groups excluding carboxylic acids is 2. The van der Waals surface area contributed by atoms with E-state index in [1.54, 1.807) is 7.11 Å². The number of nitrogens with one attached hydrogen (secondary N) is 1. The van der Waals surface area contributed by atoms with Crippen molar-refractivity contribution in [2.24, 2.45) is 5.41 Å². The number of ether oxygens (including phenoxy) is 1. The summed E-state index contributed by atoms with van der Waals surface area (Å²) in [6, 6.07) is 24.3. The molecule has 274 valence electrons. The number of benzene rings is 3. The maximum Gasteiger partial charge on any atom is 0.263 e. The Morgan fingerprint density at radius 2 is 1.58 bits per heavy atom. The lowest BCUT2D eigenvalue weighted by Crippen LogP contribution is -2.50. The molecule has 0 bridgehead atoms. The third-order valence-electron chi connectivity index (χ3n) is 11.3. The number of rotatable bonds is 6. The van der Waals surface area contributed by atoms with Crippen molar-refractivity contribution in [1.82, 2.24) is 19.1 Å². The zero-order valence-electron chi connectivity index (χ0n) is 31.0. The van der Waals surface area contributed by atoms with Crippen molar-refractivity contribution in [3.63, 3.8) is 0 Å². The predicted octanol–water partition coefficient (Wildman–Crippen LogP) is 7.36. The highest BCUT2D eigenvalue weighted by Gasteiger charge is 2.64. The Bertz CT molecular complexity index is 1910. The van der Waals surface area contributed by atoms with Crippen molar-refractivity contribution >= 4 is 33.7 Å². The van der Waals surface area contributed by atoms with E-state index in [1.165, 1.54) is 41.6 Å². The van der Waals surface area contributed by atoms with Gasteiger partial charge in [0.1, 0.15) is 16.7 Å². The molecule has 3 aromatic carbocycles. The van der Waals surface area contributed by atoms with Gasteiger partial charge in [0, 0.05) is 65.9 Å². The van der Waals surface area contributed by atoms with Gasteiger partial charge in [-0.1, -0.05) is 61.7 Å². The molecule has 3 unspecified atom stereocenters. The van der Waals surface area contributed by atoms with Crippen LogP contribution >= 0.6 is 0 Å². The van der Waals surface area contributed by atoms with Crippen LogP contribution in [0.3, 0.4) is 0 Å². The van der Waals surface area contributed by atoms with Crippen molar-refractivity contribution in [3.05, 3.63) is 89.5 Å². The molecule has 3 fully saturated rings. The Kier molecular flexibility index (Phi) is 11.6. The molecule has 8 rings (SSSR count). The van der Waals surface area contributed by atoms with Crippen LogP contribution in [0.25, 0.3) is 22.2 Å². The standard InChI is InChI=1S/C35H44N4O4S.C6H6.C2H2/c1-22(2)44(42)36-33(40)24-10-12-27-30(18-24)39-21-35(34(41)38-16-14-37(3)15-17-38)20-29(35)28-19-25(43-4)11-13-26(28)32(39)31(27)23-8-6-5-7-9-23;1-2-4-6-5-3-1;1-2/h10-13,18-19,22-23,29H,5-9,14-17,20-21H2,1-4H3,(H,36,40);1-6H;1-2H. The van der Waals surface area contributed by atoms with Crippen molar-refractivity contribution in [1.29, 1.82) is 0 Å². The average Bonchev–Trinajstić information content (AvgIpc) is 3.86. The molecule has 1 saturated heterocycles. The summed E-state index contributed by atoms with van der Waals surface area (Å²) < 4.78 is 23.3. The number of hydrogen-bond donors (Lipinski definition) is 1. The molecule has 2 aliphatic carbocycles. The molecule has 0 radical (unpaired) electrons. The fourth-order valence-electron chi connectivity index (χ4n) is 8.40. The lowest BCUT2D eigenvalue weighted by molar-refractivity contribution is -0.139. The van der Waals surface area contributed by atoms with Gasteiger partial charge >= 0.3 is 0 Å². The number of carbonyl (C=O) groups is 2. The molecule has 3 atom stereocenters. The maximum absolute atomic E-state index is 14.5. The van der Waals surface area contributed by atoms with Crippen LogP contribution < -0.4 is 9.46 Å². The Hall–Kier alpha value is -4.39. The number of aromatic nitrogens is 1. The Labute approximate surface area is 311 Å². The first-order valence-electron chi connectivity index (χ1n) is 18.6. The lowest BCUT2D eigenvalue weighted by Gasteiger charge is -2.35. The summed E-state index contributed by atoms with van der Waals surface area (Å²) in [5.74, 6) is 1.27. The zero-order chi connectivity index (χ0) is 37.0. The fourth-order valence-corrected chi connectivity index (χ4v) is 8.94.